The number of aromatic nitrogens is 2. The van der Waals surface area contributed by atoms with Gasteiger partial charge in [-0.1, -0.05) is 11.8 Å². The van der Waals surface area contributed by atoms with Crippen LogP contribution in [-0.4, -0.2) is 16.0 Å². The van der Waals surface area contributed by atoms with Crippen molar-refractivity contribution in [1.82, 2.24) is 9.97 Å². The molecule has 5 heteroatoms. The Balaban J connectivity index is 2.28. The lowest BCUT2D eigenvalue weighted by atomic mass is 10.2. The molecular formula is C14H19N3OS. The number of rotatable bonds is 4. The third-order valence-electron chi connectivity index (χ3n) is 3.15. The molecule has 0 spiro atoms. The van der Waals surface area contributed by atoms with E-state index in [1.54, 1.807) is 18.0 Å². The van der Waals surface area contributed by atoms with Gasteiger partial charge in [-0.25, -0.2) is 9.97 Å². The standard InChI is InChI=1S/C14H19N3OS/c1-8-10(3)16-14(17-11(8)4)19-13(9(2)15)12-6-5-7-18-12/h5-7,9,13H,15H2,1-4H3. The van der Waals surface area contributed by atoms with Gasteiger partial charge in [0.2, 0.25) is 0 Å². The fourth-order valence-corrected chi connectivity index (χ4v) is 2.86. The zero-order chi connectivity index (χ0) is 14.0. The van der Waals surface area contributed by atoms with Gasteiger partial charge in [0.25, 0.3) is 0 Å². The smallest absolute Gasteiger partial charge is 0.188 e. The van der Waals surface area contributed by atoms with Gasteiger partial charge in [0.05, 0.1) is 11.5 Å². The maximum absolute atomic E-state index is 6.05. The van der Waals surface area contributed by atoms with Crippen LogP contribution in [0.2, 0.25) is 0 Å². The van der Waals surface area contributed by atoms with Gasteiger partial charge >= 0.3 is 0 Å². The Kier molecular flexibility index (Phi) is 4.27. The molecule has 0 fully saturated rings. The second-order valence-electron chi connectivity index (χ2n) is 4.71. The number of thioether (sulfide) groups is 1. The molecule has 0 aromatic carbocycles. The zero-order valence-corrected chi connectivity index (χ0v) is 12.5. The first kappa shape index (κ1) is 14.1. The lowest BCUT2D eigenvalue weighted by Crippen LogP contribution is -2.22. The van der Waals surface area contributed by atoms with Crippen molar-refractivity contribution in [2.45, 2.75) is 44.1 Å². The van der Waals surface area contributed by atoms with Gasteiger partial charge in [0.15, 0.2) is 5.16 Å². The van der Waals surface area contributed by atoms with Crippen LogP contribution < -0.4 is 5.73 Å². The van der Waals surface area contributed by atoms with Crippen molar-refractivity contribution < 1.29 is 4.42 Å². The molecule has 2 atom stereocenters. The topological polar surface area (TPSA) is 64.9 Å². The molecule has 0 bridgehead atoms. The van der Waals surface area contributed by atoms with E-state index >= 15 is 0 Å². The summed E-state index contributed by atoms with van der Waals surface area (Å²) in [6.45, 7) is 8.01. The van der Waals surface area contributed by atoms with E-state index in [-0.39, 0.29) is 11.3 Å². The fraction of sp³-hybridized carbons (Fsp3) is 0.429. The summed E-state index contributed by atoms with van der Waals surface area (Å²) in [4.78, 5) is 9.04. The van der Waals surface area contributed by atoms with Crippen LogP contribution in [0.1, 0.15) is 34.9 Å². The highest BCUT2D eigenvalue weighted by Gasteiger charge is 2.22. The van der Waals surface area contributed by atoms with E-state index in [0.717, 1.165) is 27.9 Å². The normalized spacial score (nSPS) is 14.4. The molecule has 0 amide bonds. The maximum atomic E-state index is 6.05. The summed E-state index contributed by atoms with van der Waals surface area (Å²) in [6, 6.07) is 3.77. The Hall–Kier alpha value is -1.33. The van der Waals surface area contributed by atoms with Gasteiger partial charge in [0, 0.05) is 17.4 Å². The molecule has 0 saturated heterocycles. The van der Waals surface area contributed by atoms with E-state index in [2.05, 4.69) is 9.97 Å². The van der Waals surface area contributed by atoms with E-state index in [4.69, 9.17) is 10.2 Å². The Morgan fingerprint density at radius 1 is 1.21 bits per heavy atom. The van der Waals surface area contributed by atoms with Gasteiger partial charge in [0.1, 0.15) is 5.76 Å². The van der Waals surface area contributed by atoms with Gasteiger partial charge in [-0.3, -0.25) is 0 Å². The number of hydrogen-bond donors (Lipinski definition) is 1. The molecule has 0 aliphatic heterocycles. The maximum Gasteiger partial charge on any atom is 0.188 e. The van der Waals surface area contributed by atoms with Crippen LogP contribution in [0.5, 0.6) is 0 Å². The number of hydrogen-bond acceptors (Lipinski definition) is 5. The summed E-state index contributed by atoms with van der Waals surface area (Å²) < 4.78 is 5.46. The quantitative estimate of drug-likeness (QED) is 0.687. The second-order valence-corrected chi connectivity index (χ2v) is 5.82. The summed E-state index contributed by atoms with van der Waals surface area (Å²) in [5.41, 5.74) is 9.21. The molecule has 2 N–H and O–H groups in total. The first-order chi connectivity index (χ1) is 8.99. The van der Waals surface area contributed by atoms with Crippen LogP contribution in [0.4, 0.5) is 0 Å². The van der Waals surface area contributed by atoms with Crippen LogP contribution in [-0.2, 0) is 0 Å². The highest BCUT2D eigenvalue weighted by molar-refractivity contribution is 7.99. The van der Waals surface area contributed by atoms with Crippen molar-refractivity contribution in [1.29, 1.82) is 0 Å². The minimum atomic E-state index is -0.0401. The number of furan rings is 1. The van der Waals surface area contributed by atoms with Crippen LogP contribution in [0.25, 0.3) is 0 Å². The predicted octanol–water partition coefficient (Wildman–Crippen LogP) is 3.18. The van der Waals surface area contributed by atoms with Crippen molar-refractivity contribution >= 4 is 11.8 Å². The Labute approximate surface area is 117 Å². The van der Waals surface area contributed by atoms with Crippen LogP contribution in [0, 0.1) is 20.8 Å². The highest BCUT2D eigenvalue weighted by atomic mass is 32.2. The molecule has 2 aromatic heterocycles. The molecule has 4 nitrogen and oxygen atoms in total. The van der Waals surface area contributed by atoms with Crippen LogP contribution >= 0.6 is 11.8 Å². The average Bonchev–Trinajstić information content (AvgIpc) is 2.86. The third-order valence-corrected chi connectivity index (χ3v) is 4.45. The van der Waals surface area contributed by atoms with Crippen LogP contribution in [0.15, 0.2) is 28.0 Å². The lowest BCUT2D eigenvalue weighted by Gasteiger charge is -2.17. The average molecular weight is 277 g/mol. The van der Waals surface area contributed by atoms with E-state index in [1.807, 2.05) is 39.8 Å². The summed E-state index contributed by atoms with van der Waals surface area (Å²) in [5, 5.41) is 0.774. The number of nitrogens with zero attached hydrogens (tertiary/aromatic N) is 2. The molecule has 0 saturated carbocycles. The molecule has 102 valence electrons. The first-order valence-corrected chi connectivity index (χ1v) is 7.14. The highest BCUT2D eigenvalue weighted by Crippen LogP contribution is 2.36. The summed E-state index contributed by atoms with van der Waals surface area (Å²) in [7, 11) is 0. The largest absolute Gasteiger partial charge is 0.468 e. The molecule has 0 radical (unpaired) electrons. The number of nitrogens with two attached hydrogens (primary N) is 1. The van der Waals surface area contributed by atoms with E-state index in [9.17, 15) is 0 Å². The van der Waals surface area contributed by atoms with Crippen molar-refractivity contribution in [2.24, 2.45) is 5.73 Å². The lowest BCUT2D eigenvalue weighted by molar-refractivity contribution is 0.486. The molecular weight excluding hydrogens is 258 g/mol. The molecule has 0 aliphatic carbocycles. The molecule has 2 aromatic rings. The molecule has 2 unspecified atom stereocenters. The van der Waals surface area contributed by atoms with Crippen molar-refractivity contribution in [2.75, 3.05) is 0 Å². The van der Waals surface area contributed by atoms with Gasteiger partial charge in [-0.05, 0) is 45.4 Å². The second kappa shape index (κ2) is 5.75. The van der Waals surface area contributed by atoms with E-state index < -0.39 is 0 Å². The fourth-order valence-electron chi connectivity index (χ4n) is 1.79. The minimum Gasteiger partial charge on any atom is -0.468 e. The van der Waals surface area contributed by atoms with Crippen molar-refractivity contribution in [3.05, 3.63) is 41.1 Å². The molecule has 19 heavy (non-hydrogen) atoms. The summed E-state index contributed by atoms with van der Waals surface area (Å²) in [6.07, 6.45) is 1.66. The minimum absolute atomic E-state index is 0.0245. The Bertz CT molecular complexity index is 529. The Morgan fingerprint density at radius 3 is 2.32 bits per heavy atom. The van der Waals surface area contributed by atoms with Crippen molar-refractivity contribution in [3.8, 4) is 0 Å². The monoisotopic (exact) mass is 277 g/mol. The third kappa shape index (κ3) is 3.16. The van der Waals surface area contributed by atoms with E-state index in [0.29, 0.717) is 0 Å². The summed E-state index contributed by atoms with van der Waals surface area (Å²) in [5.74, 6) is 0.861. The molecule has 2 heterocycles. The Morgan fingerprint density at radius 2 is 1.84 bits per heavy atom. The van der Waals surface area contributed by atoms with E-state index in [1.165, 1.54) is 0 Å². The van der Waals surface area contributed by atoms with Crippen molar-refractivity contribution in [3.63, 3.8) is 0 Å². The van der Waals surface area contributed by atoms with Gasteiger partial charge in [-0.15, -0.1) is 0 Å². The first-order valence-electron chi connectivity index (χ1n) is 6.26. The van der Waals surface area contributed by atoms with Gasteiger partial charge in [-0.2, -0.15) is 0 Å². The SMILES string of the molecule is Cc1nc(SC(c2ccco2)C(C)N)nc(C)c1C. The summed E-state index contributed by atoms with van der Waals surface area (Å²) >= 11 is 1.55. The zero-order valence-electron chi connectivity index (χ0n) is 11.7. The predicted molar refractivity (Wildman–Crippen MR) is 77.2 cm³/mol. The molecule has 0 aliphatic rings. The number of aryl methyl sites for hydroxylation is 2. The molecule has 2 rings (SSSR count). The van der Waals surface area contributed by atoms with Gasteiger partial charge < -0.3 is 10.2 Å². The van der Waals surface area contributed by atoms with Crippen LogP contribution in [0.3, 0.4) is 0 Å².